The van der Waals surface area contributed by atoms with Crippen molar-refractivity contribution in [3.05, 3.63) is 18.3 Å². The number of pyridine rings is 1. The molecular formula is C12H18BNO3. The van der Waals surface area contributed by atoms with E-state index in [-0.39, 0.29) is 5.59 Å². The van der Waals surface area contributed by atoms with Crippen LogP contribution in [0.15, 0.2) is 18.3 Å². The summed E-state index contributed by atoms with van der Waals surface area (Å²) in [6.07, 6.45) is -0.549. The van der Waals surface area contributed by atoms with Gasteiger partial charge < -0.3 is 14.0 Å². The molecule has 0 N–H and O–H groups in total. The van der Waals surface area contributed by atoms with Gasteiger partial charge in [-0.15, -0.1) is 0 Å². The van der Waals surface area contributed by atoms with Crippen molar-refractivity contribution in [1.82, 2.24) is 4.98 Å². The molecule has 17 heavy (non-hydrogen) atoms. The highest BCUT2D eigenvalue weighted by Gasteiger charge is 2.52. The van der Waals surface area contributed by atoms with E-state index in [0.717, 1.165) is 0 Å². The lowest BCUT2D eigenvalue weighted by atomic mass is 9.84. The van der Waals surface area contributed by atoms with E-state index in [1.807, 2.05) is 27.7 Å². The van der Waals surface area contributed by atoms with Gasteiger partial charge in [0.2, 0.25) is 0 Å². The van der Waals surface area contributed by atoms with Crippen molar-refractivity contribution in [2.24, 2.45) is 0 Å². The Morgan fingerprint density at radius 3 is 2.53 bits per heavy atom. The van der Waals surface area contributed by atoms with Gasteiger partial charge in [0, 0.05) is 0 Å². The lowest BCUT2D eigenvalue weighted by molar-refractivity contribution is 0.00578. The number of hydrogen-bond donors (Lipinski definition) is 0. The summed E-state index contributed by atoms with van der Waals surface area (Å²) < 4.78 is 61.0. The Labute approximate surface area is 111 Å². The van der Waals surface area contributed by atoms with Gasteiger partial charge >= 0.3 is 7.12 Å². The highest BCUT2D eigenvalue weighted by atomic mass is 16.7. The minimum atomic E-state index is -2.83. The second-order valence-electron chi connectivity index (χ2n) is 4.88. The van der Waals surface area contributed by atoms with Crippen molar-refractivity contribution in [2.45, 2.75) is 38.9 Å². The molecule has 4 nitrogen and oxygen atoms in total. The van der Waals surface area contributed by atoms with Crippen LogP contribution in [0.4, 0.5) is 0 Å². The Hall–Kier alpha value is -1.07. The summed E-state index contributed by atoms with van der Waals surface area (Å²) in [7, 11) is -3.84. The third-order valence-electron chi connectivity index (χ3n) is 3.16. The fourth-order valence-corrected chi connectivity index (χ4v) is 1.40. The van der Waals surface area contributed by atoms with E-state index in [2.05, 4.69) is 9.72 Å². The van der Waals surface area contributed by atoms with Crippen molar-refractivity contribution in [3.8, 4) is 5.75 Å². The number of rotatable bonds is 2. The molecule has 1 aliphatic heterocycles. The van der Waals surface area contributed by atoms with Crippen LogP contribution < -0.4 is 10.3 Å². The van der Waals surface area contributed by atoms with Crippen molar-refractivity contribution in [2.75, 3.05) is 7.04 Å². The summed E-state index contributed by atoms with van der Waals surface area (Å²) in [6.45, 7) is 7.30. The van der Waals surface area contributed by atoms with E-state index < -0.39 is 49.4 Å². The van der Waals surface area contributed by atoms with Crippen LogP contribution in [0.2, 0.25) is 0 Å². The number of aromatic nitrogens is 1. The summed E-state index contributed by atoms with van der Waals surface area (Å²) in [6, 6.07) is -0.926. The summed E-state index contributed by atoms with van der Waals surface area (Å²) in [5.74, 6) is -0.560. The standard InChI is InChI=1S/C12H18BNO3/c1-11(2)12(3,4)17-13(16-11)10-7-6-9(15-5)8-14-10/h6-8H,1-5H3/i5D3,6D,7D,8D. The maximum atomic E-state index is 8.01. The first kappa shape index (κ1) is 6.76. The van der Waals surface area contributed by atoms with Crippen molar-refractivity contribution >= 4 is 12.7 Å². The van der Waals surface area contributed by atoms with Gasteiger partial charge in [0.25, 0.3) is 0 Å². The molecule has 1 aromatic heterocycles. The van der Waals surface area contributed by atoms with Crippen molar-refractivity contribution in [1.29, 1.82) is 0 Å². The molecule has 0 unspecified atom stereocenters. The van der Waals surface area contributed by atoms with Gasteiger partial charge in [-0.1, -0.05) is 0 Å². The minimum absolute atomic E-state index is 0.0449. The molecular weight excluding hydrogens is 217 g/mol. The molecule has 0 saturated carbocycles. The summed E-state index contributed by atoms with van der Waals surface area (Å²) in [4.78, 5) is 3.86. The fraction of sp³-hybridized carbons (Fsp3) is 0.583. The lowest BCUT2D eigenvalue weighted by Gasteiger charge is -2.32. The molecule has 2 heterocycles. The highest BCUT2D eigenvalue weighted by Crippen LogP contribution is 2.36. The van der Waals surface area contributed by atoms with E-state index in [9.17, 15) is 0 Å². The minimum Gasteiger partial charge on any atom is -0.495 e. The molecule has 0 aliphatic carbocycles. The van der Waals surface area contributed by atoms with Gasteiger partial charge in [0.1, 0.15) is 5.75 Å². The van der Waals surface area contributed by atoms with Gasteiger partial charge in [0.05, 0.1) is 38.2 Å². The van der Waals surface area contributed by atoms with Crippen LogP contribution in [0.3, 0.4) is 0 Å². The number of nitrogens with zero attached hydrogens (tertiary/aromatic N) is 1. The predicted octanol–water partition coefficient (Wildman–Crippen LogP) is 1.39. The topological polar surface area (TPSA) is 40.6 Å². The Kier molecular flexibility index (Phi) is 1.59. The number of ether oxygens (including phenoxy) is 1. The Morgan fingerprint density at radius 1 is 1.29 bits per heavy atom. The van der Waals surface area contributed by atoms with Crippen LogP contribution in [-0.4, -0.2) is 30.3 Å². The summed E-state index contributed by atoms with van der Waals surface area (Å²) >= 11 is 0. The first-order valence-electron chi connectivity index (χ1n) is 8.27. The van der Waals surface area contributed by atoms with Gasteiger partial charge in [-0.25, -0.2) is 0 Å². The highest BCUT2D eigenvalue weighted by molar-refractivity contribution is 6.61. The second kappa shape index (κ2) is 4.00. The molecule has 0 radical (unpaired) electrons. The van der Waals surface area contributed by atoms with Crippen LogP contribution in [-0.2, 0) is 9.31 Å². The quantitative estimate of drug-likeness (QED) is 0.733. The maximum absolute atomic E-state index is 8.01. The average molecular weight is 241 g/mol. The molecule has 1 aromatic rings. The second-order valence-corrected chi connectivity index (χ2v) is 4.88. The summed E-state index contributed by atoms with van der Waals surface area (Å²) in [5, 5.41) is 0. The van der Waals surface area contributed by atoms with Gasteiger partial charge in [-0.3, -0.25) is 4.98 Å². The molecule has 0 bridgehead atoms. The zero-order chi connectivity index (χ0) is 17.8. The molecule has 0 spiro atoms. The van der Waals surface area contributed by atoms with Gasteiger partial charge in [-0.2, -0.15) is 0 Å². The normalized spacial score (nSPS) is 27.4. The molecule has 0 amide bonds. The average Bonchev–Trinajstić information content (AvgIpc) is 2.57. The molecule has 92 valence electrons. The Balaban J connectivity index is 2.44. The number of methoxy groups -OCH3 is 1. The van der Waals surface area contributed by atoms with E-state index in [4.69, 9.17) is 17.5 Å². The molecule has 1 saturated heterocycles. The van der Waals surface area contributed by atoms with E-state index in [1.54, 1.807) is 0 Å². The van der Waals surface area contributed by atoms with E-state index in [0.29, 0.717) is 0 Å². The largest absolute Gasteiger partial charge is 0.514 e. The third kappa shape index (κ3) is 2.17. The molecule has 1 fully saturated rings. The van der Waals surface area contributed by atoms with Crippen LogP contribution in [0.25, 0.3) is 0 Å². The van der Waals surface area contributed by atoms with Crippen LogP contribution in [0.5, 0.6) is 5.75 Å². The Morgan fingerprint density at radius 2 is 1.94 bits per heavy atom. The van der Waals surface area contributed by atoms with Crippen molar-refractivity contribution in [3.63, 3.8) is 0 Å². The molecule has 1 aliphatic rings. The van der Waals surface area contributed by atoms with Crippen LogP contribution in [0, 0.1) is 0 Å². The molecule has 2 rings (SSSR count). The Bertz CT molecular complexity index is 618. The summed E-state index contributed by atoms with van der Waals surface area (Å²) in [5.41, 5.74) is -1.37. The van der Waals surface area contributed by atoms with E-state index >= 15 is 0 Å². The smallest absolute Gasteiger partial charge is 0.495 e. The SMILES string of the molecule is [2H]c1nc(B2OC(C)(C)C(C)(C)O2)c([2H])c([2H])c1OC([2H])([2H])[2H]. The van der Waals surface area contributed by atoms with Crippen LogP contribution in [0.1, 0.15) is 35.9 Å². The molecule has 0 atom stereocenters. The third-order valence-corrected chi connectivity index (χ3v) is 3.16. The van der Waals surface area contributed by atoms with E-state index in [1.165, 1.54) is 0 Å². The molecule has 0 aromatic carbocycles. The fourth-order valence-electron chi connectivity index (χ4n) is 1.40. The zero-order valence-corrected chi connectivity index (χ0v) is 10.2. The first-order chi connectivity index (χ1) is 10.3. The predicted molar refractivity (Wildman–Crippen MR) is 66.5 cm³/mol. The zero-order valence-electron chi connectivity index (χ0n) is 16.2. The number of hydrogen-bond acceptors (Lipinski definition) is 4. The maximum Gasteiger partial charge on any atom is 0.514 e. The molecule has 5 heteroatoms. The van der Waals surface area contributed by atoms with Crippen molar-refractivity contribution < 1.29 is 22.3 Å². The first-order valence-corrected chi connectivity index (χ1v) is 5.27. The van der Waals surface area contributed by atoms with Gasteiger partial charge in [0.15, 0.2) is 0 Å². The van der Waals surface area contributed by atoms with Gasteiger partial charge in [-0.05, 0) is 39.8 Å². The monoisotopic (exact) mass is 241 g/mol. The lowest BCUT2D eigenvalue weighted by Crippen LogP contribution is -2.41. The van der Waals surface area contributed by atoms with Crippen LogP contribution >= 0.6 is 0 Å².